The summed E-state index contributed by atoms with van der Waals surface area (Å²) in [6, 6.07) is 1.41. The van der Waals surface area contributed by atoms with Crippen molar-refractivity contribution < 1.29 is 32.8 Å². The molecule has 130 valence electrons. The van der Waals surface area contributed by atoms with Crippen molar-refractivity contribution in [2.24, 2.45) is 0 Å². The van der Waals surface area contributed by atoms with E-state index in [1.807, 2.05) is 0 Å². The second-order valence-corrected chi connectivity index (χ2v) is 6.90. The third kappa shape index (κ3) is 3.08. The first kappa shape index (κ1) is 17.8. The molecule has 0 radical (unpaired) electrons. The van der Waals surface area contributed by atoms with Gasteiger partial charge in [0.15, 0.2) is 0 Å². The number of nitro benzene ring substituents is 1. The molecule has 1 aliphatic heterocycles. The Balaban J connectivity index is 2.59. The Hall–Kier alpha value is -2.53. The van der Waals surface area contributed by atoms with Crippen LogP contribution in [0.5, 0.6) is 0 Å². The van der Waals surface area contributed by atoms with Crippen molar-refractivity contribution >= 4 is 27.6 Å². The van der Waals surface area contributed by atoms with E-state index in [2.05, 4.69) is 4.74 Å². The highest BCUT2D eigenvalue weighted by Gasteiger charge is 2.41. The zero-order chi connectivity index (χ0) is 18.1. The van der Waals surface area contributed by atoms with E-state index in [-0.39, 0.29) is 13.0 Å². The van der Waals surface area contributed by atoms with Crippen molar-refractivity contribution in [3.63, 3.8) is 0 Å². The molecule has 0 amide bonds. The summed E-state index contributed by atoms with van der Waals surface area (Å²) in [4.78, 5) is 32.6. The maximum atomic E-state index is 12.8. The molecule has 1 atom stereocenters. The normalized spacial score (nSPS) is 18.3. The molecular formula is C13H14N2O8S. The molecule has 2 rings (SSSR count). The largest absolute Gasteiger partial charge is 0.480 e. The van der Waals surface area contributed by atoms with Crippen molar-refractivity contribution in [2.75, 3.05) is 13.7 Å². The number of esters is 1. The third-order valence-corrected chi connectivity index (χ3v) is 5.62. The zero-order valence-electron chi connectivity index (χ0n) is 12.5. The van der Waals surface area contributed by atoms with E-state index in [4.69, 9.17) is 5.11 Å². The third-order valence-electron chi connectivity index (χ3n) is 3.65. The van der Waals surface area contributed by atoms with Crippen LogP contribution in [0, 0.1) is 10.1 Å². The number of hydrogen-bond donors (Lipinski definition) is 1. The number of nitro groups is 1. The number of carbonyl (C=O) groups is 2. The van der Waals surface area contributed by atoms with E-state index >= 15 is 0 Å². The molecule has 0 saturated carbocycles. The molecule has 1 aliphatic rings. The minimum absolute atomic E-state index is 0.0170. The molecule has 1 N–H and O–H groups in total. The van der Waals surface area contributed by atoms with Gasteiger partial charge < -0.3 is 9.84 Å². The van der Waals surface area contributed by atoms with Crippen molar-refractivity contribution in [2.45, 2.75) is 23.8 Å². The predicted octanol–water partition coefficient (Wildman–Crippen LogP) is 0.619. The summed E-state index contributed by atoms with van der Waals surface area (Å²) in [5.41, 5.74) is -0.992. The lowest BCUT2D eigenvalue weighted by atomic mass is 10.2. The number of carboxylic acid groups (broad SMARTS) is 1. The van der Waals surface area contributed by atoms with Crippen LogP contribution in [0.1, 0.15) is 23.2 Å². The summed E-state index contributed by atoms with van der Waals surface area (Å²) >= 11 is 0. The summed E-state index contributed by atoms with van der Waals surface area (Å²) < 4.78 is 30.8. The van der Waals surface area contributed by atoms with Crippen LogP contribution in [-0.4, -0.2) is 54.4 Å². The lowest BCUT2D eigenvalue weighted by Crippen LogP contribution is -2.40. The molecule has 0 bridgehead atoms. The minimum atomic E-state index is -4.33. The summed E-state index contributed by atoms with van der Waals surface area (Å²) in [5.74, 6) is -2.36. The molecule has 0 aliphatic carbocycles. The van der Waals surface area contributed by atoms with Gasteiger partial charge in [-0.3, -0.25) is 14.9 Å². The first-order valence-electron chi connectivity index (χ1n) is 6.81. The van der Waals surface area contributed by atoms with Crippen molar-refractivity contribution in [3.05, 3.63) is 33.9 Å². The number of sulfonamides is 1. The highest BCUT2D eigenvalue weighted by atomic mass is 32.2. The number of hydrogen-bond acceptors (Lipinski definition) is 7. The van der Waals surface area contributed by atoms with Gasteiger partial charge in [0.05, 0.1) is 22.5 Å². The highest BCUT2D eigenvalue weighted by molar-refractivity contribution is 7.89. The van der Waals surface area contributed by atoms with Gasteiger partial charge in [0, 0.05) is 18.7 Å². The van der Waals surface area contributed by atoms with Crippen LogP contribution in [0.4, 0.5) is 5.69 Å². The molecule has 1 saturated heterocycles. The fraction of sp³-hybridized carbons (Fsp3) is 0.385. The second-order valence-electron chi connectivity index (χ2n) is 5.04. The minimum Gasteiger partial charge on any atom is -0.480 e. The number of non-ortho nitro benzene ring substituents is 1. The van der Waals surface area contributed by atoms with Gasteiger partial charge in [-0.25, -0.2) is 13.2 Å². The van der Waals surface area contributed by atoms with Crippen molar-refractivity contribution in [3.8, 4) is 0 Å². The lowest BCUT2D eigenvalue weighted by Gasteiger charge is -2.22. The van der Waals surface area contributed by atoms with Crippen LogP contribution in [0.2, 0.25) is 0 Å². The Morgan fingerprint density at radius 3 is 2.62 bits per heavy atom. The Bertz CT molecular complexity index is 804. The number of nitrogens with zero attached hydrogens (tertiary/aromatic N) is 2. The van der Waals surface area contributed by atoms with Gasteiger partial charge in [-0.15, -0.1) is 0 Å². The van der Waals surface area contributed by atoms with Gasteiger partial charge in [-0.05, 0) is 18.9 Å². The lowest BCUT2D eigenvalue weighted by molar-refractivity contribution is -0.384. The number of benzene rings is 1. The smallest absolute Gasteiger partial charge is 0.339 e. The first-order chi connectivity index (χ1) is 11.2. The van der Waals surface area contributed by atoms with E-state index in [1.165, 1.54) is 0 Å². The summed E-state index contributed by atoms with van der Waals surface area (Å²) in [6.45, 7) is -0.0170. The average Bonchev–Trinajstić information content (AvgIpc) is 3.04. The maximum Gasteiger partial charge on any atom is 0.339 e. The molecule has 1 aromatic carbocycles. The second kappa shape index (κ2) is 6.53. The van der Waals surface area contributed by atoms with Crippen LogP contribution in [0.15, 0.2) is 23.1 Å². The molecule has 24 heavy (non-hydrogen) atoms. The van der Waals surface area contributed by atoms with E-state index < -0.39 is 49.1 Å². The van der Waals surface area contributed by atoms with E-state index in [0.717, 1.165) is 29.6 Å². The Morgan fingerprint density at radius 1 is 1.42 bits per heavy atom. The zero-order valence-corrected chi connectivity index (χ0v) is 13.4. The number of carbonyl (C=O) groups excluding carboxylic acids is 1. The van der Waals surface area contributed by atoms with E-state index in [0.29, 0.717) is 6.42 Å². The Labute approximate surface area is 136 Å². The van der Waals surface area contributed by atoms with Gasteiger partial charge in [-0.1, -0.05) is 0 Å². The first-order valence-corrected chi connectivity index (χ1v) is 8.25. The monoisotopic (exact) mass is 358 g/mol. The Morgan fingerprint density at radius 2 is 2.08 bits per heavy atom. The van der Waals surface area contributed by atoms with Gasteiger partial charge >= 0.3 is 11.9 Å². The van der Waals surface area contributed by atoms with Crippen LogP contribution in [0.25, 0.3) is 0 Å². The molecule has 0 spiro atoms. The topological polar surface area (TPSA) is 144 Å². The molecule has 1 heterocycles. The molecule has 11 heteroatoms. The molecular weight excluding hydrogens is 344 g/mol. The number of rotatable bonds is 5. The quantitative estimate of drug-likeness (QED) is 0.458. The Kier molecular flexibility index (Phi) is 4.85. The standard InChI is InChI=1S/C13H14N2O8S/c1-23-13(18)9-7-8(15(19)20)4-5-11(9)24(21,22)14-6-2-3-10(14)12(16)17/h4-5,7,10H,2-3,6H2,1H3,(H,16,17)/t10-/m0/s1. The molecule has 0 unspecified atom stereocenters. The molecule has 1 fully saturated rings. The number of methoxy groups -OCH3 is 1. The van der Waals surface area contributed by atoms with Crippen LogP contribution in [-0.2, 0) is 19.6 Å². The fourth-order valence-electron chi connectivity index (χ4n) is 2.53. The van der Waals surface area contributed by atoms with Crippen LogP contribution < -0.4 is 0 Å². The van der Waals surface area contributed by atoms with Gasteiger partial charge in [0.25, 0.3) is 5.69 Å². The van der Waals surface area contributed by atoms with Crippen LogP contribution in [0.3, 0.4) is 0 Å². The number of ether oxygens (including phenoxy) is 1. The summed E-state index contributed by atoms with van der Waals surface area (Å²) in [7, 11) is -3.32. The molecule has 1 aromatic rings. The molecule has 0 aromatic heterocycles. The number of aliphatic carboxylic acids is 1. The van der Waals surface area contributed by atoms with Crippen molar-refractivity contribution in [1.29, 1.82) is 0 Å². The fourth-order valence-corrected chi connectivity index (χ4v) is 4.34. The summed E-state index contributed by atoms with van der Waals surface area (Å²) in [5, 5.41) is 20.0. The maximum absolute atomic E-state index is 12.8. The van der Waals surface area contributed by atoms with Gasteiger partial charge in [-0.2, -0.15) is 4.31 Å². The average molecular weight is 358 g/mol. The SMILES string of the molecule is COC(=O)c1cc([N+](=O)[O-])ccc1S(=O)(=O)N1CCC[C@H]1C(=O)O. The van der Waals surface area contributed by atoms with Gasteiger partial charge in [0.2, 0.25) is 10.0 Å². The van der Waals surface area contributed by atoms with Crippen LogP contribution >= 0.6 is 0 Å². The number of carboxylic acids is 1. The van der Waals surface area contributed by atoms with Crippen molar-refractivity contribution in [1.82, 2.24) is 4.31 Å². The predicted molar refractivity (Wildman–Crippen MR) is 79.0 cm³/mol. The van der Waals surface area contributed by atoms with Gasteiger partial charge in [0.1, 0.15) is 6.04 Å². The highest BCUT2D eigenvalue weighted by Crippen LogP contribution is 2.30. The van der Waals surface area contributed by atoms with E-state index in [1.54, 1.807) is 0 Å². The molecule has 10 nitrogen and oxygen atoms in total. The van der Waals surface area contributed by atoms with E-state index in [9.17, 15) is 28.1 Å². The summed E-state index contributed by atoms with van der Waals surface area (Å²) in [6.07, 6.45) is 0.506.